The largest absolute Gasteiger partial charge is 0.435 e. The van der Waals surface area contributed by atoms with Gasteiger partial charge in [-0.3, -0.25) is 14.7 Å². The van der Waals surface area contributed by atoms with Crippen molar-refractivity contribution >= 4 is 29.5 Å². The van der Waals surface area contributed by atoms with Gasteiger partial charge in [-0.05, 0) is 66.7 Å². The second kappa shape index (κ2) is 11.8. The number of tetrazole rings is 1. The smallest absolute Gasteiger partial charge is 0.352 e. The number of nitrogens with one attached hydrogen (secondary N) is 2. The van der Waals surface area contributed by atoms with E-state index in [-0.39, 0.29) is 18.4 Å². The quantitative estimate of drug-likeness (QED) is 0.414. The van der Waals surface area contributed by atoms with Gasteiger partial charge in [-0.25, -0.2) is 0 Å². The molecule has 1 aliphatic rings. The number of piperidine rings is 1. The van der Waals surface area contributed by atoms with E-state index in [2.05, 4.69) is 30.9 Å². The summed E-state index contributed by atoms with van der Waals surface area (Å²) in [4.78, 5) is 28.1. The van der Waals surface area contributed by atoms with E-state index in [1.807, 2.05) is 6.07 Å². The number of amides is 2. The zero-order valence-electron chi connectivity index (χ0n) is 20.5. The molecule has 2 amide bonds. The first-order valence-electron chi connectivity index (χ1n) is 12.0. The molecule has 0 spiro atoms. The summed E-state index contributed by atoms with van der Waals surface area (Å²) < 4.78 is 38.8. The highest BCUT2D eigenvalue weighted by atomic mass is 35.5. The van der Waals surface area contributed by atoms with Gasteiger partial charge < -0.3 is 10.2 Å². The number of likely N-dealkylation sites (tertiary alicyclic amines) is 1. The first-order chi connectivity index (χ1) is 18.1. The third kappa shape index (κ3) is 6.97. The number of alkyl halides is 3. The second-order valence-electron chi connectivity index (χ2n) is 9.00. The number of nitrogens with zero attached hydrogens (tertiary/aromatic N) is 6. The molecule has 2 N–H and O–H groups in total. The van der Waals surface area contributed by atoms with Crippen molar-refractivity contribution in [3.05, 3.63) is 63.7 Å². The van der Waals surface area contributed by atoms with Crippen molar-refractivity contribution in [1.82, 2.24) is 40.6 Å². The van der Waals surface area contributed by atoms with Gasteiger partial charge in [-0.15, -0.1) is 10.2 Å². The Labute approximate surface area is 221 Å². The number of halogens is 4. The molecule has 0 saturated carbocycles. The first kappa shape index (κ1) is 27.3. The molecule has 1 aromatic carbocycles. The molecule has 3 aromatic rings. The van der Waals surface area contributed by atoms with Gasteiger partial charge in [0.1, 0.15) is 0 Å². The summed E-state index contributed by atoms with van der Waals surface area (Å²) >= 11 is 6.15. The van der Waals surface area contributed by atoms with Crippen LogP contribution in [0, 0.1) is 12.8 Å². The van der Waals surface area contributed by atoms with Gasteiger partial charge in [-0.2, -0.15) is 23.1 Å². The van der Waals surface area contributed by atoms with E-state index in [0.717, 1.165) is 30.2 Å². The predicted molar refractivity (Wildman–Crippen MR) is 132 cm³/mol. The average molecular weight is 551 g/mol. The fraction of sp³-hybridized carbons (Fsp3) is 0.417. The van der Waals surface area contributed by atoms with Gasteiger partial charge in [-0.1, -0.05) is 17.7 Å². The Morgan fingerprint density at radius 3 is 2.71 bits per heavy atom. The Morgan fingerprint density at radius 2 is 2.03 bits per heavy atom. The molecule has 3 heterocycles. The van der Waals surface area contributed by atoms with Crippen LogP contribution in [0.15, 0.2) is 30.5 Å². The molecule has 10 nitrogen and oxygen atoms in total. The molecule has 1 aliphatic heterocycles. The van der Waals surface area contributed by atoms with Crippen molar-refractivity contribution in [2.24, 2.45) is 5.92 Å². The normalized spacial score (nSPS) is 14.8. The van der Waals surface area contributed by atoms with E-state index < -0.39 is 23.3 Å². The van der Waals surface area contributed by atoms with Crippen LogP contribution in [0.2, 0.25) is 5.02 Å². The van der Waals surface area contributed by atoms with Crippen LogP contribution >= 0.6 is 11.6 Å². The van der Waals surface area contributed by atoms with Crippen molar-refractivity contribution in [2.75, 3.05) is 19.6 Å². The molecule has 0 unspecified atom stereocenters. The maximum Gasteiger partial charge on any atom is 0.435 e. The zero-order valence-corrected chi connectivity index (χ0v) is 21.3. The number of H-pyrrole nitrogens is 1. The van der Waals surface area contributed by atoms with Gasteiger partial charge in [0, 0.05) is 36.9 Å². The van der Waals surface area contributed by atoms with Crippen LogP contribution in [0.5, 0.6) is 0 Å². The highest BCUT2D eigenvalue weighted by molar-refractivity contribution is 6.30. The fourth-order valence-electron chi connectivity index (χ4n) is 4.29. The third-order valence-electron chi connectivity index (χ3n) is 6.29. The summed E-state index contributed by atoms with van der Waals surface area (Å²) in [6, 6.07) is 5.37. The molecule has 0 radical (unpaired) electrons. The lowest BCUT2D eigenvalue weighted by atomic mass is 9.93. The molecule has 0 aliphatic carbocycles. The summed E-state index contributed by atoms with van der Waals surface area (Å²) in [6.07, 6.45) is 1.57. The summed E-state index contributed by atoms with van der Waals surface area (Å²) in [5.41, 5.74) is -0.0981. The molecule has 0 atom stereocenters. The van der Waals surface area contributed by atoms with E-state index in [4.69, 9.17) is 11.6 Å². The Morgan fingerprint density at radius 1 is 1.26 bits per heavy atom. The molecule has 2 aromatic heterocycles. The SMILES string of the molecule is Cc1nnn(Cc2cc(Cl)ccc2C=CC(=O)N2CCC(CCNC(=O)c3c[nH]nc3C(F)(F)F)CC2)n1. The van der Waals surface area contributed by atoms with E-state index in [0.29, 0.717) is 36.9 Å². The molecule has 4 rings (SSSR count). The van der Waals surface area contributed by atoms with Crippen LogP contribution in [0.25, 0.3) is 6.08 Å². The summed E-state index contributed by atoms with van der Waals surface area (Å²) in [7, 11) is 0. The Kier molecular flexibility index (Phi) is 8.45. The number of carbonyl (C=O) groups is 2. The van der Waals surface area contributed by atoms with Gasteiger partial charge in [0.2, 0.25) is 5.91 Å². The minimum Gasteiger partial charge on any atom is -0.352 e. The number of aromatic amines is 1. The number of hydrogen-bond acceptors (Lipinski definition) is 6. The number of hydrogen-bond donors (Lipinski definition) is 2. The average Bonchev–Trinajstić information content (AvgIpc) is 3.53. The molecule has 14 heteroatoms. The Hall–Kier alpha value is -3.74. The van der Waals surface area contributed by atoms with Crippen molar-refractivity contribution in [2.45, 2.75) is 38.9 Å². The molecule has 1 saturated heterocycles. The van der Waals surface area contributed by atoms with E-state index >= 15 is 0 Å². The maximum atomic E-state index is 12.9. The zero-order chi connectivity index (χ0) is 27.3. The minimum absolute atomic E-state index is 0.119. The number of rotatable bonds is 8. The molecule has 0 bridgehead atoms. The Bertz CT molecular complexity index is 1310. The predicted octanol–water partition coefficient (Wildman–Crippen LogP) is 3.50. The van der Waals surface area contributed by atoms with Gasteiger partial charge in [0.15, 0.2) is 11.5 Å². The summed E-state index contributed by atoms with van der Waals surface area (Å²) in [5.74, 6) is -0.137. The van der Waals surface area contributed by atoms with Crippen molar-refractivity contribution in [3.63, 3.8) is 0 Å². The summed E-state index contributed by atoms with van der Waals surface area (Å²) in [6.45, 7) is 3.44. The lowest BCUT2D eigenvalue weighted by molar-refractivity contribution is -0.141. The van der Waals surface area contributed by atoms with E-state index in [1.54, 1.807) is 30.0 Å². The lowest BCUT2D eigenvalue weighted by Gasteiger charge is -2.31. The van der Waals surface area contributed by atoms with Gasteiger partial charge in [0.05, 0.1) is 12.1 Å². The van der Waals surface area contributed by atoms with Crippen LogP contribution in [-0.2, 0) is 17.5 Å². The lowest BCUT2D eigenvalue weighted by Crippen LogP contribution is -2.38. The summed E-state index contributed by atoms with van der Waals surface area (Å²) in [5, 5.41) is 20.3. The topological polar surface area (TPSA) is 122 Å². The van der Waals surface area contributed by atoms with Gasteiger partial charge in [0.25, 0.3) is 5.91 Å². The Balaban J connectivity index is 1.25. The van der Waals surface area contributed by atoms with Crippen LogP contribution in [0.3, 0.4) is 0 Å². The van der Waals surface area contributed by atoms with Crippen molar-refractivity contribution in [3.8, 4) is 0 Å². The van der Waals surface area contributed by atoms with Crippen molar-refractivity contribution in [1.29, 1.82) is 0 Å². The van der Waals surface area contributed by atoms with Crippen molar-refractivity contribution < 1.29 is 22.8 Å². The highest BCUT2D eigenvalue weighted by Gasteiger charge is 2.38. The van der Waals surface area contributed by atoms with E-state index in [9.17, 15) is 22.8 Å². The highest BCUT2D eigenvalue weighted by Crippen LogP contribution is 2.30. The number of benzene rings is 1. The van der Waals surface area contributed by atoms with E-state index in [1.165, 1.54) is 10.9 Å². The maximum absolute atomic E-state index is 12.9. The van der Waals surface area contributed by atoms with Crippen LogP contribution in [0.1, 0.15) is 52.3 Å². The molecule has 202 valence electrons. The third-order valence-corrected chi connectivity index (χ3v) is 6.53. The van der Waals surface area contributed by atoms with Crippen LogP contribution < -0.4 is 5.32 Å². The molecule has 1 fully saturated rings. The standard InChI is InChI=1S/C24H26ClF3N8O2/c1-15-31-34-36(33-15)14-18-12-19(25)4-2-17(18)3-5-21(37)35-10-7-16(8-11-35)6-9-29-23(38)20-13-30-32-22(20)24(26,27)28/h2-5,12-13,16H,6-11,14H2,1H3,(H,29,38)(H,30,32). The minimum atomic E-state index is -4.71. The molecular weight excluding hydrogens is 525 g/mol. The molecular formula is C24H26ClF3N8O2. The number of aromatic nitrogens is 6. The second-order valence-corrected chi connectivity index (χ2v) is 9.44. The number of aryl methyl sites for hydroxylation is 1. The van der Waals surface area contributed by atoms with Crippen LogP contribution in [-0.4, -0.2) is 66.8 Å². The molecule has 38 heavy (non-hydrogen) atoms. The monoisotopic (exact) mass is 550 g/mol. The van der Waals surface area contributed by atoms with Crippen LogP contribution in [0.4, 0.5) is 13.2 Å². The fourth-order valence-corrected chi connectivity index (χ4v) is 4.48. The number of carbonyl (C=O) groups excluding carboxylic acids is 2. The van der Waals surface area contributed by atoms with Gasteiger partial charge >= 0.3 is 6.18 Å². The first-order valence-corrected chi connectivity index (χ1v) is 12.4.